The summed E-state index contributed by atoms with van der Waals surface area (Å²) < 4.78 is 0. The molecule has 0 radical (unpaired) electrons. The zero-order valence-electron chi connectivity index (χ0n) is 16.6. The fourth-order valence-electron chi connectivity index (χ4n) is 4.34. The number of amides is 1. The smallest absolute Gasteiger partial charge is 0.274 e. The second-order valence-corrected chi connectivity index (χ2v) is 8.33. The van der Waals surface area contributed by atoms with E-state index in [2.05, 4.69) is 34.8 Å². The molecule has 2 aliphatic rings. The number of nitrogens with zero attached hydrogens (tertiary/aromatic N) is 4. The van der Waals surface area contributed by atoms with Gasteiger partial charge >= 0.3 is 0 Å². The Bertz CT molecular complexity index is 651. The molecule has 0 spiro atoms. The molecule has 0 saturated carbocycles. The van der Waals surface area contributed by atoms with Crippen molar-refractivity contribution in [3.05, 3.63) is 35.9 Å². The molecule has 1 aromatic rings. The summed E-state index contributed by atoms with van der Waals surface area (Å²) >= 11 is 0. The van der Waals surface area contributed by atoms with Gasteiger partial charge < -0.3 is 10.0 Å². The van der Waals surface area contributed by atoms with E-state index in [9.17, 15) is 9.90 Å². The van der Waals surface area contributed by atoms with Gasteiger partial charge in [0.2, 0.25) is 0 Å². The first-order valence-electron chi connectivity index (χ1n) is 10.1. The molecule has 1 N–H and O–H groups in total. The van der Waals surface area contributed by atoms with Crippen molar-refractivity contribution < 1.29 is 9.90 Å². The summed E-state index contributed by atoms with van der Waals surface area (Å²) in [5.41, 5.74) is 1.73. The molecule has 3 heterocycles. The molecular weight excluding hydrogens is 340 g/mol. The Labute approximate surface area is 162 Å². The van der Waals surface area contributed by atoms with Gasteiger partial charge in [-0.1, -0.05) is 11.6 Å². The van der Waals surface area contributed by atoms with Crippen LogP contribution in [0.2, 0.25) is 0 Å². The van der Waals surface area contributed by atoms with Crippen LogP contribution < -0.4 is 0 Å². The first-order valence-corrected chi connectivity index (χ1v) is 10.1. The summed E-state index contributed by atoms with van der Waals surface area (Å²) in [6.07, 6.45) is 12.1. The topological polar surface area (TPSA) is 69.6 Å². The number of carbonyl (C=O) groups is 1. The molecule has 0 unspecified atom stereocenters. The van der Waals surface area contributed by atoms with E-state index >= 15 is 0 Å². The molecule has 1 atom stereocenters. The SMILES string of the molecule is CC(C)=CC[C@]1(CO)CCCN(C2CCN(C(=O)c3cnccn3)CC2)C1. The van der Waals surface area contributed by atoms with Gasteiger partial charge in [-0.25, -0.2) is 4.98 Å². The van der Waals surface area contributed by atoms with Crippen LogP contribution in [-0.4, -0.2) is 69.6 Å². The van der Waals surface area contributed by atoms with Gasteiger partial charge in [-0.3, -0.25) is 14.7 Å². The lowest BCUT2D eigenvalue weighted by Gasteiger charge is -2.47. The Morgan fingerprint density at radius 1 is 1.30 bits per heavy atom. The molecule has 1 aromatic heterocycles. The third kappa shape index (κ3) is 4.93. The van der Waals surface area contributed by atoms with E-state index in [-0.39, 0.29) is 17.9 Å². The van der Waals surface area contributed by atoms with Gasteiger partial charge in [0, 0.05) is 43.5 Å². The Morgan fingerprint density at radius 3 is 2.70 bits per heavy atom. The first-order chi connectivity index (χ1) is 13.0. The van der Waals surface area contributed by atoms with Gasteiger partial charge in [0.15, 0.2) is 0 Å². The minimum absolute atomic E-state index is 0.0118. The van der Waals surface area contributed by atoms with Crippen LogP contribution in [0.5, 0.6) is 0 Å². The number of aliphatic hydroxyl groups excluding tert-OH is 1. The molecule has 0 bridgehead atoms. The summed E-state index contributed by atoms with van der Waals surface area (Å²) in [7, 11) is 0. The molecule has 2 aliphatic heterocycles. The Kier molecular flexibility index (Phi) is 6.60. The quantitative estimate of drug-likeness (QED) is 0.805. The largest absolute Gasteiger partial charge is 0.396 e. The predicted molar refractivity (Wildman–Crippen MR) is 105 cm³/mol. The van der Waals surface area contributed by atoms with Crippen molar-refractivity contribution in [2.24, 2.45) is 5.41 Å². The van der Waals surface area contributed by atoms with Gasteiger partial charge in [0.1, 0.15) is 5.69 Å². The number of hydrogen-bond donors (Lipinski definition) is 1. The Hall–Kier alpha value is -1.79. The highest BCUT2D eigenvalue weighted by Gasteiger charge is 2.37. The van der Waals surface area contributed by atoms with Gasteiger partial charge in [-0.15, -0.1) is 0 Å². The summed E-state index contributed by atoms with van der Waals surface area (Å²) in [6.45, 7) is 8.06. The molecule has 2 saturated heterocycles. The lowest BCUT2D eigenvalue weighted by Crippen LogP contribution is -2.53. The van der Waals surface area contributed by atoms with E-state index < -0.39 is 0 Å². The van der Waals surface area contributed by atoms with Crippen LogP contribution in [0, 0.1) is 5.41 Å². The predicted octanol–water partition coefficient (Wildman–Crippen LogP) is 2.51. The minimum atomic E-state index is -0.0199. The van der Waals surface area contributed by atoms with Crippen molar-refractivity contribution in [2.75, 3.05) is 32.8 Å². The van der Waals surface area contributed by atoms with E-state index in [4.69, 9.17) is 0 Å². The standard InChI is InChI=1S/C21H32N4O2/c1-17(2)4-8-21(16-26)7-3-11-25(15-21)18-5-12-24(13-6-18)20(27)19-14-22-9-10-23-19/h4,9-10,14,18,26H,3,5-8,11-13,15-16H2,1-2H3/t21-/m1/s1. The average molecular weight is 373 g/mol. The van der Waals surface area contributed by atoms with Gasteiger partial charge in [-0.05, 0) is 52.5 Å². The first kappa shape index (κ1) is 20.0. The van der Waals surface area contributed by atoms with Gasteiger partial charge in [0.05, 0.1) is 12.8 Å². The fraction of sp³-hybridized carbons (Fsp3) is 0.667. The zero-order valence-corrected chi connectivity index (χ0v) is 16.6. The maximum Gasteiger partial charge on any atom is 0.274 e. The van der Waals surface area contributed by atoms with Crippen molar-refractivity contribution in [1.82, 2.24) is 19.8 Å². The van der Waals surface area contributed by atoms with Crippen LogP contribution in [0.1, 0.15) is 56.4 Å². The van der Waals surface area contributed by atoms with Crippen molar-refractivity contribution in [3.8, 4) is 0 Å². The molecule has 27 heavy (non-hydrogen) atoms. The molecular formula is C21H32N4O2. The van der Waals surface area contributed by atoms with Crippen molar-refractivity contribution in [3.63, 3.8) is 0 Å². The third-order valence-corrected chi connectivity index (χ3v) is 6.02. The van der Waals surface area contributed by atoms with E-state index in [1.165, 1.54) is 11.8 Å². The number of aliphatic hydroxyl groups is 1. The van der Waals surface area contributed by atoms with Crippen LogP contribution in [0.25, 0.3) is 0 Å². The highest BCUT2D eigenvalue weighted by atomic mass is 16.3. The monoisotopic (exact) mass is 372 g/mol. The number of allylic oxidation sites excluding steroid dienone is 2. The van der Waals surface area contributed by atoms with Gasteiger partial charge in [0.25, 0.3) is 5.91 Å². The number of hydrogen-bond acceptors (Lipinski definition) is 5. The van der Waals surface area contributed by atoms with Crippen molar-refractivity contribution in [2.45, 2.75) is 52.0 Å². The Morgan fingerprint density at radius 2 is 2.07 bits per heavy atom. The van der Waals surface area contributed by atoms with Crippen LogP contribution in [0.3, 0.4) is 0 Å². The van der Waals surface area contributed by atoms with E-state index in [1.807, 2.05) is 4.90 Å². The van der Waals surface area contributed by atoms with E-state index in [1.54, 1.807) is 12.4 Å². The molecule has 0 aliphatic carbocycles. The molecule has 2 fully saturated rings. The molecule has 1 amide bonds. The number of aromatic nitrogens is 2. The Balaban J connectivity index is 1.57. The fourth-order valence-corrected chi connectivity index (χ4v) is 4.34. The lowest BCUT2D eigenvalue weighted by atomic mass is 9.76. The normalized spacial score (nSPS) is 24.6. The second-order valence-electron chi connectivity index (χ2n) is 8.33. The van der Waals surface area contributed by atoms with Crippen molar-refractivity contribution >= 4 is 5.91 Å². The van der Waals surface area contributed by atoms with Crippen LogP contribution in [0.15, 0.2) is 30.2 Å². The third-order valence-electron chi connectivity index (χ3n) is 6.02. The number of rotatable bonds is 5. The number of piperidine rings is 2. The number of carbonyl (C=O) groups excluding carboxylic acids is 1. The maximum absolute atomic E-state index is 12.6. The molecule has 148 valence electrons. The average Bonchev–Trinajstić information content (AvgIpc) is 2.72. The lowest BCUT2D eigenvalue weighted by molar-refractivity contribution is -0.000609. The zero-order chi connectivity index (χ0) is 19.3. The highest BCUT2D eigenvalue weighted by molar-refractivity contribution is 5.92. The van der Waals surface area contributed by atoms with E-state index in [0.717, 1.165) is 58.3 Å². The molecule has 6 heteroatoms. The van der Waals surface area contributed by atoms with Gasteiger partial charge in [-0.2, -0.15) is 0 Å². The number of likely N-dealkylation sites (tertiary alicyclic amines) is 2. The van der Waals surface area contributed by atoms with Crippen LogP contribution >= 0.6 is 0 Å². The summed E-state index contributed by atoms with van der Waals surface area (Å²) in [4.78, 5) is 25.1. The highest BCUT2D eigenvalue weighted by Crippen LogP contribution is 2.36. The molecule has 3 rings (SSSR count). The summed E-state index contributed by atoms with van der Waals surface area (Å²) in [5, 5.41) is 10.1. The van der Waals surface area contributed by atoms with Crippen LogP contribution in [-0.2, 0) is 0 Å². The van der Waals surface area contributed by atoms with Crippen LogP contribution in [0.4, 0.5) is 0 Å². The van der Waals surface area contributed by atoms with Crippen molar-refractivity contribution in [1.29, 1.82) is 0 Å². The van der Waals surface area contributed by atoms with E-state index in [0.29, 0.717) is 11.7 Å². The molecule has 6 nitrogen and oxygen atoms in total. The summed E-state index contributed by atoms with van der Waals surface area (Å²) in [6, 6.07) is 0.494. The summed E-state index contributed by atoms with van der Waals surface area (Å²) in [5.74, 6) is -0.0199. The minimum Gasteiger partial charge on any atom is -0.396 e. The maximum atomic E-state index is 12.6. The second kappa shape index (κ2) is 8.93. The molecule has 0 aromatic carbocycles.